The smallest absolute Gasteiger partial charge is 0.303 e. The predicted molar refractivity (Wildman–Crippen MR) is 75.6 cm³/mol. The van der Waals surface area contributed by atoms with Crippen molar-refractivity contribution in [3.05, 3.63) is 11.1 Å². The molecule has 0 radical (unpaired) electrons. The molecular weight excluding hydrogens is 236 g/mol. The molecule has 0 heterocycles. The Labute approximate surface area is 116 Å². The van der Waals surface area contributed by atoms with Gasteiger partial charge < -0.3 is 4.74 Å². The zero-order valence-corrected chi connectivity index (χ0v) is 12.7. The number of carbonyl (C=O) groups excluding carboxylic acids is 1. The molecule has 19 heavy (non-hydrogen) atoms. The molecule has 5 atom stereocenters. The van der Waals surface area contributed by atoms with Crippen LogP contribution in [0.2, 0.25) is 0 Å². The summed E-state index contributed by atoms with van der Waals surface area (Å²) in [6.07, 6.45) is 6.51. The van der Waals surface area contributed by atoms with Crippen molar-refractivity contribution in [2.45, 2.75) is 65.4 Å². The minimum Gasteiger partial charge on any atom is -0.454 e. The van der Waals surface area contributed by atoms with E-state index in [1.807, 2.05) is 0 Å². The number of ether oxygens (including phenoxy) is 1. The van der Waals surface area contributed by atoms with E-state index in [-0.39, 0.29) is 11.6 Å². The van der Waals surface area contributed by atoms with Crippen LogP contribution in [0.15, 0.2) is 11.1 Å². The van der Waals surface area contributed by atoms with Crippen LogP contribution in [0, 0.1) is 23.7 Å². The predicted octanol–water partition coefficient (Wildman–Crippen LogP) is 4.10. The largest absolute Gasteiger partial charge is 0.454 e. The molecule has 2 heteroatoms. The van der Waals surface area contributed by atoms with Crippen LogP contribution in [0.5, 0.6) is 0 Å². The Bertz CT molecular complexity index is 433. The topological polar surface area (TPSA) is 26.3 Å². The summed E-state index contributed by atoms with van der Waals surface area (Å²) >= 11 is 0. The maximum absolute atomic E-state index is 11.7. The van der Waals surface area contributed by atoms with Gasteiger partial charge in [0.2, 0.25) is 0 Å². The van der Waals surface area contributed by atoms with Crippen molar-refractivity contribution in [1.82, 2.24) is 0 Å². The van der Waals surface area contributed by atoms with Gasteiger partial charge in [-0.25, -0.2) is 0 Å². The van der Waals surface area contributed by atoms with E-state index in [0.29, 0.717) is 5.92 Å². The lowest BCUT2D eigenvalue weighted by molar-refractivity contribution is -0.161. The van der Waals surface area contributed by atoms with Gasteiger partial charge in [-0.05, 0) is 69.8 Å². The first-order valence-corrected chi connectivity index (χ1v) is 7.80. The highest BCUT2D eigenvalue weighted by atomic mass is 16.6. The summed E-state index contributed by atoms with van der Waals surface area (Å²) in [7, 11) is 0. The van der Waals surface area contributed by atoms with E-state index in [2.05, 4.69) is 20.8 Å². The quantitative estimate of drug-likeness (QED) is 0.553. The number of fused-ring (bicyclic) bond motifs is 5. The molecule has 3 fully saturated rings. The fraction of sp³-hybridized carbons (Fsp3) is 0.824. The SMILES string of the molecule is CC(=O)OC1(C(C)=C(C)C)CC2CC1C1CCCC21. The number of hydrogen-bond acceptors (Lipinski definition) is 2. The number of hydrogen-bond donors (Lipinski definition) is 0. The van der Waals surface area contributed by atoms with Crippen LogP contribution in [0.25, 0.3) is 0 Å². The van der Waals surface area contributed by atoms with Crippen LogP contribution in [0.4, 0.5) is 0 Å². The van der Waals surface area contributed by atoms with Gasteiger partial charge >= 0.3 is 5.97 Å². The first-order chi connectivity index (χ1) is 8.95. The summed E-state index contributed by atoms with van der Waals surface area (Å²) in [6, 6.07) is 0. The van der Waals surface area contributed by atoms with Crippen molar-refractivity contribution in [3.8, 4) is 0 Å². The molecule has 106 valence electrons. The third-order valence-corrected chi connectivity index (χ3v) is 6.18. The van der Waals surface area contributed by atoms with Crippen molar-refractivity contribution in [2.24, 2.45) is 23.7 Å². The van der Waals surface area contributed by atoms with Crippen LogP contribution < -0.4 is 0 Å². The van der Waals surface area contributed by atoms with E-state index in [9.17, 15) is 4.79 Å². The zero-order chi connectivity index (χ0) is 13.8. The molecule has 3 aliphatic rings. The number of rotatable bonds is 2. The summed E-state index contributed by atoms with van der Waals surface area (Å²) in [5.41, 5.74) is 2.38. The minimum atomic E-state index is -0.263. The molecule has 0 aliphatic heterocycles. The Morgan fingerprint density at radius 3 is 2.42 bits per heavy atom. The second kappa shape index (κ2) is 4.36. The molecule has 3 aliphatic carbocycles. The summed E-state index contributed by atoms with van der Waals surface area (Å²) in [5, 5.41) is 0. The Hall–Kier alpha value is -0.790. The van der Waals surface area contributed by atoms with E-state index in [4.69, 9.17) is 4.74 Å². The maximum Gasteiger partial charge on any atom is 0.303 e. The molecule has 2 bridgehead atoms. The van der Waals surface area contributed by atoms with Gasteiger partial charge in [-0.15, -0.1) is 0 Å². The third kappa shape index (κ3) is 1.79. The van der Waals surface area contributed by atoms with Gasteiger partial charge in [-0.1, -0.05) is 12.0 Å². The van der Waals surface area contributed by atoms with Gasteiger partial charge in [0, 0.05) is 12.8 Å². The van der Waals surface area contributed by atoms with Crippen LogP contribution in [0.3, 0.4) is 0 Å². The highest BCUT2D eigenvalue weighted by Gasteiger charge is 2.63. The lowest BCUT2D eigenvalue weighted by Crippen LogP contribution is -2.46. The van der Waals surface area contributed by atoms with E-state index >= 15 is 0 Å². The van der Waals surface area contributed by atoms with E-state index in [1.165, 1.54) is 36.8 Å². The fourth-order valence-electron chi connectivity index (χ4n) is 5.39. The van der Waals surface area contributed by atoms with E-state index < -0.39 is 0 Å². The standard InChI is InChI=1S/C17H26O2/c1-10(2)11(3)17(19-12(4)18)9-13-8-16(17)15-7-5-6-14(13)15/h13-16H,5-9H2,1-4H3. The van der Waals surface area contributed by atoms with Gasteiger partial charge in [-0.2, -0.15) is 0 Å². The van der Waals surface area contributed by atoms with Gasteiger partial charge in [0.25, 0.3) is 0 Å². The lowest BCUT2D eigenvalue weighted by Gasteiger charge is -2.43. The van der Waals surface area contributed by atoms with Gasteiger partial charge in [0.1, 0.15) is 5.60 Å². The van der Waals surface area contributed by atoms with Gasteiger partial charge in [0.15, 0.2) is 0 Å². The lowest BCUT2D eigenvalue weighted by atomic mass is 9.69. The van der Waals surface area contributed by atoms with E-state index in [0.717, 1.165) is 24.2 Å². The summed E-state index contributed by atoms with van der Waals surface area (Å²) in [5.74, 6) is 3.02. The van der Waals surface area contributed by atoms with Crippen molar-refractivity contribution in [2.75, 3.05) is 0 Å². The maximum atomic E-state index is 11.7. The van der Waals surface area contributed by atoms with Crippen molar-refractivity contribution >= 4 is 5.97 Å². The molecule has 3 rings (SSSR count). The monoisotopic (exact) mass is 262 g/mol. The third-order valence-electron chi connectivity index (χ3n) is 6.18. The molecule has 0 N–H and O–H groups in total. The first-order valence-electron chi connectivity index (χ1n) is 7.80. The molecule has 0 saturated heterocycles. The molecule has 0 spiro atoms. The number of esters is 1. The fourth-order valence-corrected chi connectivity index (χ4v) is 5.39. The number of allylic oxidation sites excluding steroid dienone is 1. The average Bonchev–Trinajstić information content (AvgIpc) is 2.96. The molecule has 0 aromatic rings. The van der Waals surface area contributed by atoms with Gasteiger partial charge in [0.05, 0.1) is 0 Å². The zero-order valence-electron chi connectivity index (χ0n) is 12.7. The highest BCUT2D eigenvalue weighted by molar-refractivity contribution is 5.67. The number of carbonyl (C=O) groups is 1. The van der Waals surface area contributed by atoms with Crippen LogP contribution in [-0.2, 0) is 9.53 Å². The molecule has 2 nitrogen and oxygen atoms in total. The Balaban J connectivity index is 1.99. The summed E-state index contributed by atoms with van der Waals surface area (Å²) < 4.78 is 5.97. The molecule has 0 amide bonds. The van der Waals surface area contributed by atoms with Crippen LogP contribution >= 0.6 is 0 Å². The minimum absolute atomic E-state index is 0.109. The normalized spacial score (nSPS) is 43.2. The Morgan fingerprint density at radius 1 is 1.11 bits per heavy atom. The molecular formula is C17H26O2. The van der Waals surface area contributed by atoms with Gasteiger partial charge in [-0.3, -0.25) is 4.79 Å². The highest BCUT2D eigenvalue weighted by Crippen LogP contribution is 2.65. The van der Waals surface area contributed by atoms with Crippen LogP contribution in [0.1, 0.15) is 59.8 Å². The second-order valence-corrected chi connectivity index (χ2v) is 7.17. The molecule has 0 aromatic heterocycles. The van der Waals surface area contributed by atoms with Crippen molar-refractivity contribution < 1.29 is 9.53 Å². The summed E-state index contributed by atoms with van der Waals surface area (Å²) in [6.45, 7) is 8.05. The Morgan fingerprint density at radius 2 is 1.79 bits per heavy atom. The van der Waals surface area contributed by atoms with Crippen LogP contribution in [-0.4, -0.2) is 11.6 Å². The Kier molecular flexibility index (Phi) is 3.03. The van der Waals surface area contributed by atoms with Crippen molar-refractivity contribution in [3.63, 3.8) is 0 Å². The van der Waals surface area contributed by atoms with E-state index in [1.54, 1.807) is 6.92 Å². The second-order valence-electron chi connectivity index (χ2n) is 7.17. The average molecular weight is 262 g/mol. The molecule has 3 saturated carbocycles. The molecule has 0 aromatic carbocycles. The summed E-state index contributed by atoms with van der Waals surface area (Å²) in [4.78, 5) is 11.7. The molecule has 5 unspecified atom stereocenters. The van der Waals surface area contributed by atoms with Crippen molar-refractivity contribution in [1.29, 1.82) is 0 Å². The first kappa shape index (κ1) is 13.2.